The van der Waals surface area contributed by atoms with Crippen molar-refractivity contribution in [2.24, 2.45) is 0 Å². The standard InChI is InChI=1S/C7H12O4/c8-6(9)11-7(10)4-2-1-3-5-7/h10H,1-5H2,(H,8,9). The Kier molecular flexibility index (Phi) is 2.34. The summed E-state index contributed by atoms with van der Waals surface area (Å²) in [4.78, 5) is 10.1. The lowest BCUT2D eigenvalue weighted by Gasteiger charge is -2.29. The quantitative estimate of drug-likeness (QED) is 0.448. The highest BCUT2D eigenvalue weighted by atomic mass is 16.7. The monoisotopic (exact) mass is 160 g/mol. The highest BCUT2D eigenvalue weighted by Crippen LogP contribution is 2.28. The fourth-order valence-corrected chi connectivity index (χ4v) is 1.37. The maximum Gasteiger partial charge on any atom is 0.508 e. The van der Waals surface area contributed by atoms with Crippen LogP contribution in [0, 0.1) is 0 Å². The zero-order valence-electron chi connectivity index (χ0n) is 6.25. The molecule has 64 valence electrons. The van der Waals surface area contributed by atoms with E-state index in [1.807, 2.05) is 0 Å². The van der Waals surface area contributed by atoms with Gasteiger partial charge in [0.15, 0.2) is 0 Å². The van der Waals surface area contributed by atoms with Crippen molar-refractivity contribution in [1.29, 1.82) is 0 Å². The summed E-state index contributed by atoms with van der Waals surface area (Å²) in [6.07, 6.45) is 2.19. The van der Waals surface area contributed by atoms with Crippen LogP contribution in [0.2, 0.25) is 0 Å². The highest BCUT2D eigenvalue weighted by molar-refractivity contribution is 5.57. The minimum absolute atomic E-state index is 0.430. The third kappa shape index (κ3) is 2.38. The van der Waals surface area contributed by atoms with E-state index in [9.17, 15) is 9.90 Å². The number of hydrogen-bond donors (Lipinski definition) is 2. The van der Waals surface area contributed by atoms with Crippen LogP contribution in [0.25, 0.3) is 0 Å². The third-order valence-electron chi connectivity index (χ3n) is 1.91. The van der Waals surface area contributed by atoms with Crippen LogP contribution in [0.4, 0.5) is 4.79 Å². The zero-order chi connectivity index (χ0) is 8.32. The fourth-order valence-electron chi connectivity index (χ4n) is 1.37. The van der Waals surface area contributed by atoms with E-state index < -0.39 is 11.9 Å². The summed E-state index contributed by atoms with van der Waals surface area (Å²) in [5.74, 6) is -1.40. The number of rotatable bonds is 1. The molecule has 1 aliphatic carbocycles. The third-order valence-corrected chi connectivity index (χ3v) is 1.91. The number of hydrogen-bond acceptors (Lipinski definition) is 3. The Morgan fingerprint density at radius 1 is 1.27 bits per heavy atom. The SMILES string of the molecule is O=C(O)OC1(O)CCCCC1. The topological polar surface area (TPSA) is 66.8 Å². The van der Waals surface area contributed by atoms with Crippen molar-refractivity contribution in [3.63, 3.8) is 0 Å². The van der Waals surface area contributed by atoms with Gasteiger partial charge in [0.25, 0.3) is 0 Å². The van der Waals surface area contributed by atoms with Crippen molar-refractivity contribution in [2.45, 2.75) is 37.9 Å². The van der Waals surface area contributed by atoms with E-state index in [2.05, 4.69) is 4.74 Å². The lowest BCUT2D eigenvalue weighted by atomic mass is 9.94. The summed E-state index contributed by atoms with van der Waals surface area (Å²) in [6, 6.07) is 0. The molecule has 0 aromatic carbocycles. The molecule has 0 atom stereocenters. The van der Waals surface area contributed by atoms with Gasteiger partial charge in [-0.3, -0.25) is 0 Å². The molecule has 4 nitrogen and oxygen atoms in total. The molecule has 4 heteroatoms. The van der Waals surface area contributed by atoms with Gasteiger partial charge in [0.2, 0.25) is 5.79 Å². The van der Waals surface area contributed by atoms with E-state index in [-0.39, 0.29) is 0 Å². The molecule has 1 saturated carbocycles. The first kappa shape index (κ1) is 8.33. The van der Waals surface area contributed by atoms with Gasteiger partial charge in [-0.15, -0.1) is 0 Å². The van der Waals surface area contributed by atoms with Gasteiger partial charge in [-0.05, 0) is 12.8 Å². The van der Waals surface area contributed by atoms with Gasteiger partial charge in [-0.2, -0.15) is 0 Å². The lowest BCUT2D eigenvalue weighted by molar-refractivity contribution is -0.190. The van der Waals surface area contributed by atoms with Gasteiger partial charge in [0.05, 0.1) is 0 Å². The Morgan fingerprint density at radius 3 is 2.27 bits per heavy atom. The van der Waals surface area contributed by atoms with Crippen LogP contribution in [-0.2, 0) is 4.74 Å². The minimum atomic E-state index is -1.40. The van der Waals surface area contributed by atoms with E-state index in [0.29, 0.717) is 12.8 Å². The molecular weight excluding hydrogens is 148 g/mol. The molecule has 2 N–H and O–H groups in total. The maximum absolute atomic E-state index is 10.1. The van der Waals surface area contributed by atoms with Gasteiger partial charge in [0, 0.05) is 12.8 Å². The van der Waals surface area contributed by atoms with Crippen LogP contribution in [-0.4, -0.2) is 22.2 Å². The van der Waals surface area contributed by atoms with Crippen molar-refractivity contribution in [1.82, 2.24) is 0 Å². The average Bonchev–Trinajstić information content (AvgIpc) is 1.85. The van der Waals surface area contributed by atoms with Crippen molar-refractivity contribution in [3.8, 4) is 0 Å². The average molecular weight is 160 g/mol. The lowest BCUT2D eigenvalue weighted by Crippen LogP contribution is -2.36. The molecule has 0 aliphatic heterocycles. The Balaban J connectivity index is 2.43. The molecule has 0 aromatic rings. The Hall–Kier alpha value is -0.770. The van der Waals surface area contributed by atoms with Crippen LogP contribution in [0.5, 0.6) is 0 Å². The minimum Gasteiger partial charge on any atom is -0.450 e. The smallest absolute Gasteiger partial charge is 0.450 e. The molecule has 0 unspecified atom stereocenters. The van der Waals surface area contributed by atoms with E-state index in [0.717, 1.165) is 19.3 Å². The first-order valence-corrected chi connectivity index (χ1v) is 3.77. The largest absolute Gasteiger partial charge is 0.508 e. The molecule has 0 spiro atoms. The molecule has 1 aliphatic rings. The van der Waals surface area contributed by atoms with Crippen molar-refractivity contribution in [3.05, 3.63) is 0 Å². The second-order valence-electron chi connectivity index (χ2n) is 2.87. The number of aliphatic hydroxyl groups is 1. The first-order chi connectivity index (χ1) is 5.12. The van der Waals surface area contributed by atoms with E-state index >= 15 is 0 Å². The second kappa shape index (κ2) is 3.09. The molecule has 0 saturated heterocycles. The number of carboxylic acid groups (broad SMARTS) is 1. The van der Waals surface area contributed by atoms with Crippen molar-refractivity contribution in [2.75, 3.05) is 0 Å². The zero-order valence-corrected chi connectivity index (χ0v) is 6.25. The molecule has 11 heavy (non-hydrogen) atoms. The fraction of sp³-hybridized carbons (Fsp3) is 0.857. The summed E-state index contributed by atoms with van der Waals surface area (Å²) in [5, 5.41) is 17.7. The molecule has 0 bridgehead atoms. The molecule has 0 radical (unpaired) electrons. The van der Waals surface area contributed by atoms with Crippen LogP contribution >= 0.6 is 0 Å². The van der Waals surface area contributed by atoms with Gasteiger partial charge in [-0.25, -0.2) is 4.79 Å². The number of ether oxygens (including phenoxy) is 1. The summed E-state index contributed by atoms with van der Waals surface area (Å²) in [6.45, 7) is 0. The molecule has 0 amide bonds. The second-order valence-corrected chi connectivity index (χ2v) is 2.87. The highest BCUT2D eigenvalue weighted by Gasteiger charge is 2.33. The molecule has 0 aromatic heterocycles. The van der Waals surface area contributed by atoms with Gasteiger partial charge in [0.1, 0.15) is 0 Å². The van der Waals surface area contributed by atoms with Crippen LogP contribution in [0.1, 0.15) is 32.1 Å². The summed E-state index contributed by atoms with van der Waals surface area (Å²) >= 11 is 0. The Bertz CT molecular complexity index is 149. The van der Waals surface area contributed by atoms with Gasteiger partial charge < -0.3 is 14.9 Å². The summed E-state index contributed by atoms with van der Waals surface area (Å²) < 4.78 is 4.35. The molecule has 1 fully saturated rings. The normalized spacial score (nSPS) is 22.6. The van der Waals surface area contributed by atoms with Crippen molar-refractivity contribution >= 4 is 6.16 Å². The van der Waals surface area contributed by atoms with E-state index in [4.69, 9.17) is 5.11 Å². The van der Waals surface area contributed by atoms with Crippen LogP contribution < -0.4 is 0 Å². The van der Waals surface area contributed by atoms with Crippen molar-refractivity contribution < 1.29 is 19.7 Å². The number of carbonyl (C=O) groups is 1. The van der Waals surface area contributed by atoms with Gasteiger partial charge >= 0.3 is 6.16 Å². The van der Waals surface area contributed by atoms with E-state index in [1.54, 1.807) is 0 Å². The van der Waals surface area contributed by atoms with Crippen LogP contribution in [0.3, 0.4) is 0 Å². The summed E-state index contributed by atoms with van der Waals surface area (Å²) in [5.41, 5.74) is 0. The Morgan fingerprint density at radius 2 is 1.82 bits per heavy atom. The van der Waals surface area contributed by atoms with E-state index in [1.165, 1.54) is 0 Å². The molecule has 1 rings (SSSR count). The molecular formula is C7H12O4. The predicted molar refractivity (Wildman–Crippen MR) is 37.1 cm³/mol. The maximum atomic E-state index is 10.1. The molecule has 0 heterocycles. The predicted octanol–water partition coefficient (Wildman–Crippen LogP) is 1.33. The first-order valence-electron chi connectivity index (χ1n) is 3.77. The van der Waals surface area contributed by atoms with Gasteiger partial charge in [-0.1, -0.05) is 6.42 Å². The Labute approximate surface area is 64.8 Å². The van der Waals surface area contributed by atoms with Crippen LogP contribution in [0.15, 0.2) is 0 Å². The summed E-state index contributed by atoms with van der Waals surface area (Å²) in [7, 11) is 0.